The zero-order valence-corrected chi connectivity index (χ0v) is 15.6. The van der Waals surface area contributed by atoms with Crippen molar-refractivity contribution in [3.05, 3.63) is 30.4 Å². The number of aromatic nitrogens is 5. The summed E-state index contributed by atoms with van der Waals surface area (Å²) >= 11 is 0. The van der Waals surface area contributed by atoms with Gasteiger partial charge in [0, 0.05) is 25.9 Å². The van der Waals surface area contributed by atoms with Crippen molar-refractivity contribution in [2.24, 2.45) is 7.05 Å². The number of anilines is 1. The number of rotatable bonds is 4. The third kappa shape index (κ3) is 3.03. The molecule has 1 fully saturated rings. The minimum absolute atomic E-state index is 0.182. The number of carbonyl (C=O) groups excluding carboxylic acids is 1. The number of esters is 1. The van der Waals surface area contributed by atoms with Crippen LogP contribution in [0.2, 0.25) is 0 Å². The van der Waals surface area contributed by atoms with Gasteiger partial charge in [-0.05, 0) is 19.9 Å². The molecule has 0 saturated carbocycles. The molecule has 142 valence electrons. The summed E-state index contributed by atoms with van der Waals surface area (Å²) in [5.74, 6) is 0.302. The second-order valence-electron chi connectivity index (χ2n) is 6.46. The first-order valence-electron chi connectivity index (χ1n) is 8.98. The molecule has 4 rings (SSSR count). The van der Waals surface area contributed by atoms with E-state index in [9.17, 15) is 4.79 Å². The molecule has 4 heterocycles. The summed E-state index contributed by atoms with van der Waals surface area (Å²) in [4.78, 5) is 23.6. The topological polar surface area (TPSA) is 86.8 Å². The largest absolute Gasteiger partial charge is 0.461 e. The van der Waals surface area contributed by atoms with Gasteiger partial charge in [0.2, 0.25) is 0 Å². The molecule has 0 radical (unpaired) electrons. The van der Waals surface area contributed by atoms with Gasteiger partial charge in [-0.25, -0.2) is 14.8 Å². The molecule has 3 aromatic rings. The molecule has 1 atom stereocenters. The Morgan fingerprint density at radius 1 is 1.41 bits per heavy atom. The Bertz CT molecular complexity index is 979. The van der Waals surface area contributed by atoms with Crippen LogP contribution in [0.3, 0.4) is 0 Å². The molecule has 0 spiro atoms. The van der Waals surface area contributed by atoms with Crippen LogP contribution in [-0.2, 0) is 16.5 Å². The Labute approximate surface area is 156 Å². The van der Waals surface area contributed by atoms with Gasteiger partial charge in [0.1, 0.15) is 12.1 Å². The first-order valence-corrected chi connectivity index (χ1v) is 8.98. The van der Waals surface area contributed by atoms with Gasteiger partial charge >= 0.3 is 5.97 Å². The molecule has 0 amide bonds. The number of fused-ring (bicyclic) bond motifs is 1. The molecule has 9 heteroatoms. The van der Waals surface area contributed by atoms with Gasteiger partial charge in [-0.3, -0.25) is 9.08 Å². The third-order valence-corrected chi connectivity index (χ3v) is 4.70. The van der Waals surface area contributed by atoms with Crippen molar-refractivity contribution in [3.8, 4) is 11.4 Å². The molecule has 0 aliphatic carbocycles. The van der Waals surface area contributed by atoms with E-state index >= 15 is 0 Å². The van der Waals surface area contributed by atoms with Gasteiger partial charge < -0.3 is 14.4 Å². The predicted molar refractivity (Wildman–Crippen MR) is 98.8 cm³/mol. The van der Waals surface area contributed by atoms with Crippen molar-refractivity contribution in [3.63, 3.8) is 0 Å². The average Bonchev–Trinajstić information content (AvgIpc) is 3.27. The normalized spacial score (nSPS) is 17.4. The van der Waals surface area contributed by atoms with Crippen LogP contribution in [0.5, 0.6) is 0 Å². The van der Waals surface area contributed by atoms with Gasteiger partial charge in [0.25, 0.3) is 0 Å². The van der Waals surface area contributed by atoms with Crippen LogP contribution in [0.25, 0.3) is 17.0 Å². The Balaban J connectivity index is 1.92. The summed E-state index contributed by atoms with van der Waals surface area (Å²) in [5.41, 5.74) is 2.44. The minimum atomic E-state index is -0.476. The van der Waals surface area contributed by atoms with E-state index in [-0.39, 0.29) is 18.3 Å². The molecule has 1 aliphatic heterocycles. The number of aryl methyl sites for hydroxylation is 1. The molecular weight excluding hydrogens is 348 g/mol. The SMILES string of the molecule is CCOC(=O)c1ncn2c(-c3ccnn3C)cc(N3CCOC[C@H]3C)nc12. The standard InChI is InChI=1S/C18H22N6O3/c1-4-27-18(25)16-17-21-15(23-7-8-26-10-12(23)2)9-14(24(17)11-19-16)13-5-6-20-22(13)3/h5-6,9,11-12H,4,7-8,10H2,1-3H3/t12-/m1/s1. The average molecular weight is 370 g/mol. The number of hydrogen-bond donors (Lipinski definition) is 0. The van der Waals surface area contributed by atoms with Crippen molar-refractivity contribution in [1.29, 1.82) is 0 Å². The van der Waals surface area contributed by atoms with Crippen LogP contribution < -0.4 is 4.90 Å². The summed E-state index contributed by atoms with van der Waals surface area (Å²) in [6, 6.07) is 4.11. The van der Waals surface area contributed by atoms with E-state index in [1.165, 1.54) is 0 Å². The van der Waals surface area contributed by atoms with Crippen LogP contribution in [0.4, 0.5) is 5.82 Å². The summed E-state index contributed by atoms with van der Waals surface area (Å²) in [7, 11) is 1.88. The quantitative estimate of drug-likeness (QED) is 0.644. The van der Waals surface area contributed by atoms with E-state index in [2.05, 4.69) is 21.9 Å². The second-order valence-corrected chi connectivity index (χ2v) is 6.46. The van der Waals surface area contributed by atoms with E-state index in [4.69, 9.17) is 14.5 Å². The Morgan fingerprint density at radius 2 is 2.26 bits per heavy atom. The fraction of sp³-hybridized carbons (Fsp3) is 0.444. The van der Waals surface area contributed by atoms with Crippen molar-refractivity contribution in [1.82, 2.24) is 24.1 Å². The number of hydrogen-bond acceptors (Lipinski definition) is 7. The molecule has 0 aromatic carbocycles. The third-order valence-electron chi connectivity index (χ3n) is 4.70. The number of carbonyl (C=O) groups is 1. The molecule has 27 heavy (non-hydrogen) atoms. The fourth-order valence-electron chi connectivity index (χ4n) is 3.34. The zero-order valence-electron chi connectivity index (χ0n) is 15.6. The molecule has 1 aliphatic rings. The summed E-state index contributed by atoms with van der Waals surface area (Å²) in [5, 5.41) is 4.27. The van der Waals surface area contributed by atoms with E-state index in [0.717, 1.165) is 23.8 Å². The number of nitrogens with zero attached hydrogens (tertiary/aromatic N) is 6. The molecule has 9 nitrogen and oxygen atoms in total. The lowest BCUT2D eigenvalue weighted by Gasteiger charge is -2.34. The first-order chi connectivity index (χ1) is 13.1. The van der Waals surface area contributed by atoms with E-state index < -0.39 is 5.97 Å². The van der Waals surface area contributed by atoms with Crippen LogP contribution in [0.15, 0.2) is 24.7 Å². The van der Waals surface area contributed by atoms with E-state index in [1.54, 1.807) is 28.5 Å². The maximum atomic E-state index is 12.3. The molecule has 0 bridgehead atoms. The second kappa shape index (κ2) is 6.99. The van der Waals surface area contributed by atoms with Crippen LogP contribution in [0, 0.1) is 0 Å². The Morgan fingerprint density at radius 3 is 2.96 bits per heavy atom. The Hall–Kier alpha value is -2.94. The smallest absolute Gasteiger partial charge is 0.360 e. The van der Waals surface area contributed by atoms with Crippen LogP contribution in [-0.4, -0.2) is 62.5 Å². The van der Waals surface area contributed by atoms with E-state index in [0.29, 0.717) is 18.9 Å². The predicted octanol–water partition coefficient (Wildman–Crippen LogP) is 1.53. The summed E-state index contributed by atoms with van der Waals surface area (Å²) < 4.78 is 14.3. The van der Waals surface area contributed by atoms with Crippen molar-refractivity contribution in [2.75, 3.05) is 31.3 Å². The molecule has 0 unspecified atom stereocenters. The lowest BCUT2D eigenvalue weighted by molar-refractivity contribution is 0.0522. The van der Waals surface area contributed by atoms with Crippen LogP contribution in [0.1, 0.15) is 24.3 Å². The highest BCUT2D eigenvalue weighted by molar-refractivity contribution is 5.94. The maximum Gasteiger partial charge on any atom is 0.360 e. The molecular formula is C18H22N6O3. The molecule has 0 N–H and O–H groups in total. The number of ether oxygens (including phenoxy) is 2. The zero-order chi connectivity index (χ0) is 19.0. The highest BCUT2D eigenvalue weighted by Crippen LogP contribution is 2.27. The molecule has 1 saturated heterocycles. The minimum Gasteiger partial charge on any atom is -0.461 e. The lowest BCUT2D eigenvalue weighted by Crippen LogP contribution is -2.44. The Kier molecular flexibility index (Phi) is 4.53. The lowest BCUT2D eigenvalue weighted by atomic mass is 10.2. The number of morpholine rings is 1. The summed E-state index contributed by atoms with van der Waals surface area (Å²) in [6.07, 6.45) is 3.34. The van der Waals surface area contributed by atoms with Crippen molar-refractivity contribution < 1.29 is 14.3 Å². The van der Waals surface area contributed by atoms with Gasteiger partial charge in [-0.2, -0.15) is 5.10 Å². The van der Waals surface area contributed by atoms with Gasteiger partial charge in [0.05, 0.1) is 37.3 Å². The van der Waals surface area contributed by atoms with Crippen LogP contribution >= 0.6 is 0 Å². The fourth-order valence-corrected chi connectivity index (χ4v) is 3.34. The monoisotopic (exact) mass is 370 g/mol. The highest BCUT2D eigenvalue weighted by Gasteiger charge is 2.25. The van der Waals surface area contributed by atoms with Gasteiger partial charge in [0.15, 0.2) is 11.3 Å². The number of imidazole rings is 1. The highest BCUT2D eigenvalue weighted by atomic mass is 16.5. The maximum absolute atomic E-state index is 12.3. The van der Waals surface area contributed by atoms with E-state index in [1.807, 2.05) is 19.2 Å². The van der Waals surface area contributed by atoms with Gasteiger partial charge in [-0.1, -0.05) is 0 Å². The molecule has 3 aromatic heterocycles. The first kappa shape index (κ1) is 17.5. The summed E-state index contributed by atoms with van der Waals surface area (Å²) in [6.45, 7) is 6.16. The van der Waals surface area contributed by atoms with Crippen molar-refractivity contribution >= 4 is 17.4 Å². The van der Waals surface area contributed by atoms with Gasteiger partial charge in [-0.15, -0.1) is 0 Å². The van der Waals surface area contributed by atoms with Crippen molar-refractivity contribution in [2.45, 2.75) is 19.9 Å².